The van der Waals surface area contributed by atoms with Gasteiger partial charge in [-0.05, 0) is 28.5 Å². The standard InChI is InChI=1S/C13H14F2N4O2/c1-2-10(7-13(20)21)19-12(16-17-18-19)5-8-3-4-9(14)6-11(8)15/h3-4,6,10H,2,5,7H2,1H3,(H,20,21). The van der Waals surface area contributed by atoms with E-state index in [1.165, 1.54) is 10.7 Å². The second-order valence-electron chi connectivity index (χ2n) is 4.61. The molecule has 21 heavy (non-hydrogen) atoms. The van der Waals surface area contributed by atoms with Gasteiger partial charge in [0.15, 0.2) is 5.82 Å². The Hall–Kier alpha value is -2.38. The number of benzene rings is 1. The van der Waals surface area contributed by atoms with Gasteiger partial charge in [-0.25, -0.2) is 13.5 Å². The van der Waals surface area contributed by atoms with E-state index in [-0.39, 0.29) is 18.4 Å². The number of carboxylic acid groups (broad SMARTS) is 1. The van der Waals surface area contributed by atoms with Crippen LogP contribution in [0.25, 0.3) is 0 Å². The fraction of sp³-hybridized carbons (Fsp3) is 0.385. The van der Waals surface area contributed by atoms with E-state index in [0.29, 0.717) is 12.2 Å². The number of carboxylic acids is 1. The minimum absolute atomic E-state index is 0.0647. The smallest absolute Gasteiger partial charge is 0.305 e. The number of halogens is 2. The van der Waals surface area contributed by atoms with Crippen molar-refractivity contribution < 1.29 is 18.7 Å². The molecule has 0 aliphatic carbocycles. The molecule has 1 aromatic carbocycles. The summed E-state index contributed by atoms with van der Waals surface area (Å²) in [6.07, 6.45) is 0.464. The van der Waals surface area contributed by atoms with Crippen molar-refractivity contribution in [1.29, 1.82) is 0 Å². The maximum atomic E-state index is 13.7. The van der Waals surface area contributed by atoms with Crippen molar-refractivity contribution in [3.63, 3.8) is 0 Å². The predicted octanol–water partition coefficient (Wildman–Crippen LogP) is 1.97. The molecule has 0 bridgehead atoms. The van der Waals surface area contributed by atoms with Gasteiger partial charge in [0.1, 0.15) is 11.6 Å². The zero-order chi connectivity index (χ0) is 15.4. The van der Waals surface area contributed by atoms with Crippen molar-refractivity contribution in [2.24, 2.45) is 0 Å². The summed E-state index contributed by atoms with van der Waals surface area (Å²) in [5, 5.41) is 20.0. The molecule has 2 aromatic rings. The van der Waals surface area contributed by atoms with E-state index in [1.54, 1.807) is 0 Å². The lowest BCUT2D eigenvalue weighted by molar-refractivity contribution is -0.138. The zero-order valence-corrected chi connectivity index (χ0v) is 11.3. The second-order valence-corrected chi connectivity index (χ2v) is 4.61. The Labute approximate surface area is 119 Å². The van der Waals surface area contributed by atoms with Gasteiger partial charge in [-0.3, -0.25) is 4.79 Å². The molecule has 1 aromatic heterocycles. The molecule has 0 saturated heterocycles. The van der Waals surface area contributed by atoms with E-state index in [4.69, 9.17) is 5.11 Å². The third kappa shape index (κ3) is 3.59. The topological polar surface area (TPSA) is 80.9 Å². The molecule has 1 N–H and O–H groups in total. The molecule has 1 heterocycles. The van der Waals surface area contributed by atoms with Crippen molar-refractivity contribution >= 4 is 5.97 Å². The number of aliphatic carboxylic acids is 1. The Balaban J connectivity index is 2.25. The van der Waals surface area contributed by atoms with E-state index in [0.717, 1.165) is 12.1 Å². The Bertz CT molecular complexity index is 645. The van der Waals surface area contributed by atoms with Crippen molar-refractivity contribution in [2.75, 3.05) is 0 Å². The van der Waals surface area contributed by atoms with Gasteiger partial charge in [0.25, 0.3) is 0 Å². The van der Waals surface area contributed by atoms with Gasteiger partial charge in [-0.15, -0.1) is 5.10 Å². The molecule has 0 radical (unpaired) electrons. The zero-order valence-electron chi connectivity index (χ0n) is 11.3. The molecule has 1 unspecified atom stereocenters. The minimum Gasteiger partial charge on any atom is -0.481 e. The molecule has 0 amide bonds. The molecule has 112 valence electrons. The van der Waals surface area contributed by atoms with Crippen molar-refractivity contribution in [1.82, 2.24) is 20.2 Å². The first-order chi connectivity index (χ1) is 10.0. The van der Waals surface area contributed by atoms with Gasteiger partial charge in [0.2, 0.25) is 0 Å². The molecular weight excluding hydrogens is 282 g/mol. The van der Waals surface area contributed by atoms with E-state index in [1.807, 2.05) is 6.92 Å². The first kappa shape index (κ1) is 15.0. The quantitative estimate of drug-likeness (QED) is 0.881. The Morgan fingerprint density at radius 3 is 2.81 bits per heavy atom. The van der Waals surface area contributed by atoms with Crippen LogP contribution in [0, 0.1) is 11.6 Å². The SMILES string of the molecule is CCC(CC(=O)O)n1nnnc1Cc1ccc(F)cc1F. The third-order valence-electron chi connectivity index (χ3n) is 3.15. The maximum Gasteiger partial charge on any atom is 0.305 e. The Kier molecular flexibility index (Phi) is 4.56. The molecule has 6 nitrogen and oxygen atoms in total. The summed E-state index contributed by atoms with van der Waals surface area (Å²) in [6, 6.07) is 2.86. The lowest BCUT2D eigenvalue weighted by Gasteiger charge is -2.14. The van der Waals surface area contributed by atoms with Crippen molar-refractivity contribution in [2.45, 2.75) is 32.2 Å². The second kappa shape index (κ2) is 6.38. The van der Waals surface area contributed by atoms with Gasteiger partial charge >= 0.3 is 5.97 Å². The van der Waals surface area contributed by atoms with Gasteiger partial charge in [0, 0.05) is 12.5 Å². The fourth-order valence-corrected chi connectivity index (χ4v) is 2.05. The van der Waals surface area contributed by atoms with Crippen LogP contribution in [0.3, 0.4) is 0 Å². The molecule has 0 fully saturated rings. The molecule has 1 atom stereocenters. The number of hydrogen-bond acceptors (Lipinski definition) is 4. The average molecular weight is 296 g/mol. The number of rotatable bonds is 6. The van der Waals surface area contributed by atoms with Gasteiger partial charge in [0.05, 0.1) is 12.5 Å². The molecule has 0 aliphatic heterocycles. The number of carbonyl (C=O) groups is 1. The lowest BCUT2D eigenvalue weighted by Crippen LogP contribution is -2.17. The van der Waals surface area contributed by atoms with Gasteiger partial charge in [-0.2, -0.15) is 0 Å². The highest BCUT2D eigenvalue weighted by molar-refractivity contribution is 5.67. The molecule has 2 rings (SSSR count). The predicted molar refractivity (Wildman–Crippen MR) is 68.6 cm³/mol. The summed E-state index contributed by atoms with van der Waals surface area (Å²) in [5.41, 5.74) is 0.248. The summed E-state index contributed by atoms with van der Waals surface area (Å²) in [4.78, 5) is 10.8. The van der Waals surface area contributed by atoms with Crippen LogP contribution < -0.4 is 0 Å². The maximum absolute atomic E-state index is 13.7. The van der Waals surface area contributed by atoms with Crippen molar-refractivity contribution in [3.05, 3.63) is 41.2 Å². The summed E-state index contributed by atoms with van der Waals surface area (Å²) < 4.78 is 27.9. The molecule has 0 spiro atoms. The summed E-state index contributed by atoms with van der Waals surface area (Å²) in [7, 11) is 0. The summed E-state index contributed by atoms with van der Waals surface area (Å²) in [5.74, 6) is -1.96. The number of hydrogen-bond donors (Lipinski definition) is 1. The first-order valence-electron chi connectivity index (χ1n) is 6.43. The fourth-order valence-electron chi connectivity index (χ4n) is 2.05. The number of tetrazole rings is 1. The molecule has 0 aliphatic rings. The molecule has 0 saturated carbocycles. The lowest BCUT2D eigenvalue weighted by atomic mass is 10.1. The van der Waals surface area contributed by atoms with Gasteiger partial charge in [-0.1, -0.05) is 13.0 Å². The first-order valence-corrected chi connectivity index (χ1v) is 6.43. The van der Waals surface area contributed by atoms with E-state index in [2.05, 4.69) is 15.5 Å². The van der Waals surface area contributed by atoms with E-state index >= 15 is 0 Å². The number of aromatic nitrogens is 4. The molecule has 8 heteroatoms. The van der Waals surface area contributed by atoms with E-state index in [9.17, 15) is 13.6 Å². The molecular formula is C13H14F2N4O2. The number of nitrogens with zero attached hydrogens (tertiary/aromatic N) is 4. The van der Waals surface area contributed by atoms with Crippen molar-refractivity contribution in [3.8, 4) is 0 Å². The largest absolute Gasteiger partial charge is 0.481 e. The minimum atomic E-state index is -0.962. The highest BCUT2D eigenvalue weighted by Crippen LogP contribution is 2.19. The monoisotopic (exact) mass is 296 g/mol. The third-order valence-corrected chi connectivity index (χ3v) is 3.15. The van der Waals surface area contributed by atoms with Gasteiger partial charge < -0.3 is 5.11 Å². The van der Waals surface area contributed by atoms with Crippen LogP contribution in [-0.2, 0) is 11.2 Å². The van der Waals surface area contributed by atoms with Crippen LogP contribution in [0.15, 0.2) is 18.2 Å². The van der Waals surface area contributed by atoms with E-state index < -0.39 is 23.6 Å². The van der Waals surface area contributed by atoms with Crippen LogP contribution in [0.4, 0.5) is 8.78 Å². The normalized spacial score (nSPS) is 12.3. The van der Waals surface area contributed by atoms with Crippen LogP contribution in [0.1, 0.15) is 37.2 Å². The highest BCUT2D eigenvalue weighted by atomic mass is 19.1. The summed E-state index contributed by atoms with van der Waals surface area (Å²) >= 11 is 0. The highest BCUT2D eigenvalue weighted by Gasteiger charge is 2.19. The summed E-state index contributed by atoms with van der Waals surface area (Å²) in [6.45, 7) is 1.82. The Morgan fingerprint density at radius 2 is 2.19 bits per heavy atom. The van der Waals surface area contributed by atoms with Crippen LogP contribution >= 0.6 is 0 Å². The Morgan fingerprint density at radius 1 is 1.43 bits per heavy atom. The average Bonchev–Trinajstić information content (AvgIpc) is 2.87. The van der Waals surface area contributed by atoms with Crippen LogP contribution in [0.2, 0.25) is 0 Å². The van der Waals surface area contributed by atoms with Crippen LogP contribution in [-0.4, -0.2) is 31.3 Å². The van der Waals surface area contributed by atoms with Crippen LogP contribution in [0.5, 0.6) is 0 Å².